The van der Waals surface area contributed by atoms with Gasteiger partial charge >= 0.3 is 5.97 Å². The second-order valence-electron chi connectivity index (χ2n) is 5.67. The minimum atomic E-state index is -1.05. The molecule has 1 heterocycles. The third kappa shape index (κ3) is 4.57. The van der Waals surface area contributed by atoms with Crippen molar-refractivity contribution in [3.63, 3.8) is 0 Å². The Morgan fingerprint density at radius 3 is 2.48 bits per heavy atom. The predicted octanol–water partition coefficient (Wildman–Crippen LogP) is 4.28. The van der Waals surface area contributed by atoms with Crippen LogP contribution in [0.1, 0.15) is 16.1 Å². The van der Waals surface area contributed by atoms with Crippen molar-refractivity contribution in [3.8, 4) is 27.8 Å². The van der Waals surface area contributed by atoms with Crippen molar-refractivity contribution in [2.45, 2.75) is 6.92 Å². The molecule has 3 aromatic rings. The molecule has 0 aliphatic rings. The van der Waals surface area contributed by atoms with Crippen molar-refractivity contribution in [3.05, 3.63) is 59.1 Å². The third-order valence-corrected chi connectivity index (χ3v) is 4.72. The summed E-state index contributed by atoms with van der Waals surface area (Å²) in [6, 6.07) is 13.2. The molecule has 0 fully saturated rings. The predicted molar refractivity (Wildman–Crippen MR) is 103 cm³/mol. The van der Waals surface area contributed by atoms with Gasteiger partial charge in [-0.2, -0.15) is 0 Å². The van der Waals surface area contributed by atoms with Crippen LogP contribution in [0.2, 0.25) is 0 Å². The molecule has 0 aliphatic heterocycles. The highest BCUT2D eigenvalue weighted by Crippen LogP contribution is 2.33. The van der Waals surface area contributed by atoms with Crippen molar-refractivity contribution >= 4 is 17.3 Å². The Morgan fingerprint density at radius 2 is 1.81 bits per heavy atom. The number of hydrogen-bond donors (Lipinski definition) is 1. The number of hydrogen-bond acceptors (Lipinski definition) is 6. The number of benzene rings is 2. The van der Waals surface area contributed by atoms with E-state index in [2.05, 4.69) is 4.98 Å². The number of para-hydroxylation sites is 1. The van der Waals surface area contributed by atoms with E-state index in [1.165, 1.54) is 16.7 Å². The number of ether oxygens (including phenoxy) is 3. The molecular formula is C20H19NO5S. The van der Waals surface area contributed by atoms with Gasteiger partial charge in [-0.1, -0.05) is 18.2 Å². The number of carboxylic acids is 1. The molecule has 0 amide bonds. The van der Waals surface area contributed by atoms with E-state index in [1.54, 1.807) is 19.2 Å². The topological polar surface area (TPSA) is 77.9 Å². The summed E-state index contributed by atoms with van der Waals surface area (Å²) >= 11 is 1.27. The molecule has 2 aromatic carbocycles. The number of rotatable bonds is 8. The van der Waals surface area contributed by atoms with E-state index in [9.17, 15) is 4.79 Å². The van der Waals surface area contributed by atoms with Gasteiger partial charge in [0.05, 0.1) is 7.11 Å². The van der Waals surface area contributed by atoms with Crippen LogP contribution in [0, 0.1) is 6.92 Å². The van der Waals surface area contributed by atoms with E-state index in [4.69, 9.17) is 19.3 Å². The molecular weight excluding hydrogens is 366 g/mol. The summed E-state index contributed by atoms with van der Waals surface area (Å²) in [5, 5.41) is 11.1. The molecule has 0 saturated heterocycles. The number of methoxy groups -OCH3 is 1. The van der Waals surface area contributed by atoms with Gasteiger partial charge in [-0.05, 0) is 36.8 Å². The van der Waals surface area contributed by atoms with Crippen LogP contribution in [0.4, 0.5) is 0 Å². The summed E-state index contributed by atoms with van der Waals surface area (Å²) in [7, 11) is 1.57. The second-order valence-corrected chi connectivity index (χ2v) is 6.53. The van der Waals surface area contributed by atoms with Gasteiger partial charge in [0.2, 0.25) is 0 Å². The number of aromatic nitrogens is 1. The van der Waals surface area contributed by atoms with Gasteiger partial charge < -0.3 is 19.3 Å². The molecule has 0 radical (unpaired) electrons. The van der Waals surface area contributed by atoms with Crippen LogP contribution in [0.5, 0.6) is 17.2 Å². The molecule has 140 valence electrons. The molecule has 0 atom stereocenters. The Balaban J connectivity index is 1.68. The maximum Gasteiger partial charge on any atom is 0.355 e. The minimum absolute atomic E-state index is 0.0277. The first-order valence-corrected chi connectivity index (χ1v) is 9.15. The third-order valence-electron chi connectivity index (χ3n) is 3.83. The first-order valence-electron chi connectivity index (χ1n) is 8.27. The van der Waals surface area contributed by atoms with Crippen LogP contribution in [-0.2, 0) is 0 Å². The Hall–Kier alpha value is -3.06. The smallest absolute Gasteiger partial charge is 0.355 e. The van der Waals surface area contributed by atoms with Gasteiger partial charge in [0, 0.05) is 10.9 Å². The zero-order valence-corrected chi connectivity index (χ0v) is 15.8. The van der Waals surface area contributed by atoms with Gasteiger partial charge in [0.1, 0.15) is 24.0 Å². The average molecular weight is 385 g/mol. The van der Waals surface area contributed by atoms with E-state index < -0.39 is 5.97 Å². The van der Waals surface area contributed by atoms with Crippen LogP contribution >= 0.6 is 11.3 Å². The second kappa shape index (κ2) is 8.55. The van der Waals surface area contributed by atoms with Gasteiger partial charge in [0.15, 0.2) is 17.2 Å². The number of thiazole rings is 1. The van der Waals surface area contributed by atoms with Crippen molar-refractivity contribution in [1.82, 2.24) is 4.98 Å². The minimum Gasteiger partial charge on any atom is -0.493 e. The highest BCUT2D eigenvalue weighted by molar-refractivity contribution is 7.13. The fourth-order valence-corrected chi connectivity index (χ4v) is 3.24. The van der Waals surface area contributed by atoms with Crippen molar-refractivity contribution in [2.75, 3.05) is 20.3 Å². The molecule has 27 heavy (non-hydrogen) atoms. The number of nitrogens with zero attached hydrogens (tertiary/aromatic N) is 1. The Kier molecular flexibility index (Phi) is 5.93. The maximum absolute atomic E-state index is 11.0. The lowest BCUT2D eigenvalue weighted by Gasteiger charge is -2.13. The van der Waals surface area contributed by atoms with Crippen LogP contribution in [0.3, 0.4) is 0 Å². The summed E-state index contributed by atoms with van der Waals surface area (Å²) in [4.78, 5) is 15.1. The van der Waals surface area contributed by atoms with Gasteiger partial charge in [0.25, 0.3) is 0 Å². The van der Waals surface area contributed by atoms with Crippen molar-refractivity contribution in [2.24, 2.45) is 0 Å². The lowest BCUT2D eigenvalue weighted by molar-refractivity contribution is 0.0691. The van der Waals surface area contributed by atoms with Crippen LogP contribution < -0.4 is 14.2 Å². The summed E-state index contributed by atoms with van der Waals surface area (Å²) < 4.78 is 16.9. The monoisotopic (exact) mass is 385 g/mol. The number of carboxylic acid groups (broad SMARTS) is 1. The number of carbonyl (C=O) groups is 1. The molecule has 0 bridgehead atoms. The fraction of sp³-hybridized carbons (Fsp3) is 0.200. The standard InChI is InChI=1S/C20H19NO5S/c1-13-5-3-4-6-16(13)25-9-10-26-18-11-14(7-8-17(18)24-2)19-21-15(12-27-19)20(22)23/h3-8,11-12H,9-10H2,1-2H3,(H,22,23). The van der Waals surface area contributed by atoms with Crippen molar-refractivity contribution < 1.29 is 24.1 Å². The average Bonchev–Trinajstić information content (AvgIpc) is 3.17. The molecule has 0 saturated carbocycles. The zero-order valence-electron chi connectivity index (χ0n) is 15.0. The summed E-state index contributed by atoms with van der Waals surface area (Å²) in [6.07, 6.45) is 0. The van der Waals surface area contributed by atoms with E-state index >= 15 is 0 Å². The van der Waals surface area contributed by atoms with Crippen LogP contribution in [-0.4, -0.2) is 36.4 Å². The summed E-state index contributed by atoms with van der Waals surface area (Å²) in [5.74, 6) is 0.918. The van der Waals surface area contributed by atoms with Crippen LogP contribution in [0.25, 0.3) is 10.6 Å². The molecule has 0 unspecified atom stereocenters. The summed E-state index contributed by atoms with van der Waals surface area (Å²) in [5.41, 5.74) is 1.86. The van der Waals surface area contributed by atoms with Gasteiger partial charge in [-0.3, -0.25) is 0 Å². The normalized spacial score (nSPS) is 10.4. The van der Waals surface area contributed by atoms with Gasteiger partial charge in [-0.15, -0.1) is 11.3 Å². The Bertz CT molecular complexity index is 938. The first-order chi connectivity index (χ1) is 13.1. The number of aromatic carboxylic acids is 1. The highest BCUT2D eigenvalue weighted by Gasteiger charge is 2.13. The van der Waals surface area contributed by atoms with Crippen LogP contribution in [0.15, 0.2) is 47.8 Å². The van der Waals surface area contributed by atoms with E-state index in [0.29, 0.717) is 29.7 Å². The lowest BCUT2D eigenvalue weighted by atomic mass is 10.2. The molecule has 0 aliphatic carbocycles. The first kappa shape index (κ1) is 18.7. The molecule has 1 N–H and O–H groups in total. The highest BCUT2D eigenvalue weighted by atomic mass is 32.1. The Labute approximate surface area is 161 Å². The summed E-state index contributed by atoms with van der Waals surface area (Å²) in [6.45, 7) is 2.72. The molecule has 1 aromatic heterocycles. The molecule has 0 spiro atoms. The van der Waals surface area contributed by atoms with E-state index in [-0.39, 0.29) is 5.69 Å². The largest absolute Gasteiger partial charge is 0.493 e. The number of aryl methyl sites for hydroxylation is 1. The quantitative estimate of drug-likeness (QED) is 0.583. The zero-order chi connectivity index (χ0) is 19.2. The Morgan fingerprint density at radius 1 is 1.07 bits per heavy atom. The molecule has 6 nitrogen and oxygen atoms in total. The van der Waals surface area contributed by atoms with Gasteiger partial charge in [-0.25, -0.2) is 9.78 Å². The lowest BCUT2D eigenvalue weighted by Crippen LogP contribution is -2.10. The van der Waals surface area contributed by atoms with E-state index in [1.807, 2.05) is 37.3 Å². The van der Waals surface area contributed by atoms with E-state index in [0.717, 1.165) is 16.9 Å². The SMILES string of the molecule is COc1ccc(-c2nc(C(=O)O)cs2)cc1OCCOc1ccccc1C. The molecule has 3 rings (SSSR count). The molecule has 7 heteroatoms. The maximum atomic E-state index is 11.0. The van der Waals surface area contributed by atoms with Crippen molar-refractivity contribution in [1.29, 1.82) is 0 Å². The fourth-order valence-electron chi connectivity index (χ4n) is 2.45.